The molecule has 0 aliphatic carbocycles. The molecule has 0 aliphatic heterocycles. The van der Waals surface area contributed by atoms with Crippen molar-refractivity contribution in [3.05, 3.63) is 58.6 Å². The van der Waals surface area contributed by atoms with Crippen molar-refractivity contribution >= 4 is 33.3 Å². The number of hydrogen-bond donors (Lipinski definition) is 2. The van der Waals surface area contributed by atoms with Crippen LogP contribution in [0.3, 0.4) is 0 Å². The number of nitrogens with one attached hydrogen (secondary N) is 1. The lowest BCUT2D eigenvalue weighted by atomic mass is 10.2. The van der Waals surface area contributed by atoms with E-state index in [0.29, 0.717) is 12.1 Å². The van der Waals surface area contributed by atoms with Crippen LogP contribution in [0.15, 0.2) is 41.3 Å². The molecule has 0 spiro atoms. The van der Waals surface area contributed by atoms with E-state index in [4.69, 9.17) is 16.7 Å². The van der Waals surface area contributed by atoms with Gasteiger partial charge in [0, 0.05) is 5.02 Å². The Kier molecular flexibility index (Phi) is 4.34. The summed E-state index contributed by atoms with van der Waals surface area (Å²) in [6, 6.07) is 5.52. The predicted octanol–water partition coefficient (Wildman–Crippen LogP) is 3.12. The van der Waals surface area contributed by atoms with E-state index < -0.39 is 32.5 Å². The van der Waals surface area contributed by atoms with Crippen LogP contribution in [0.4, 0.5) is 14.5 Å². The van der Waals surface area contributed by atoms with E-state index in [2.05, 4.69) is 0 Å². The van der Waals surface area contributed by atoms with Crippen LogP contribution in [0, 0.1) is 11.6 Å². The van der Waals surface area contributed by atoms with Crippen LogP contribution in [0.2, 0.25) is 5.02 Å². The summed E-state index contributed by atoms with van der Waals surface area (Å²) < 4.78 is 52.2. The summed E-state index contributed by atoms with van der Waals surface area (Å²) >= 11 is 5.66. The van der Waals surface area contributed by atoms with Gasteiger partial charge in [-0.25, -0.2) is 22.0 Å². The Morgan fingerprint density at radius 1 is 1.09 bits per heavy atom. The zero-order valence-corrected chi connectivity index (χ0v) is 12.3. The molecule has 0 unspecified atom stereocenters. The number of halogens is 3. The first-order valence-corrected chi connectivity index (χ1v) is 7.57. The van der Waals surface area contributed by atoms with Crippen LogP contribution in [0.1, 0.15) is 10.4 Å². The third-order valence-corrected chi connectivity index (χ3v) is 4.26. The second-order valence-corrected chi connectivity index (χ2v) is 6.30. The van der Waals surface area contributed by atoms with Crippen LogP contribution in [-0.4, -0.2) is 19.5 Å². The first-order chi connectivity index (χ1) is 10.2. The molecular weight excluding hydrogens is 340 g/mol. The smallest absolute Gasteiger partial charge is 0.337 e. The van der Waals surface area contributed by atoms with Crippen molar-refractivity contribution in [3.8, 4) is 0 Å². The van der Waals surface area contributed by atoms with E-state index in [9.17, 15) is 22.0 Å². The van der Waals surface area contributed by atoms with Crippen molar-refractivity contribution < 1.29 is 27.1 Å². The Hall–Kier alpha value is -2.19. The lowest BCUT2D eigenvalue weighted by Gasteiger charge is -2.11. The molecule has 22 heavy (non-hydrogen) atoms. The van der Waals surface area contributed by atoms with Gasteiger partial charge in [0.15, 0.2) is 11.6 Å². The fraction of sp³-hybridized carbons (Fsp3) is 0. The number of anilines is 1. The van der Waals surface area contributed by atoms with Crippen LogP contribution in [0.25, 0.3) is 0 Å². The van der Waals surface area contributed by atoms with Crippen molar-refractivity contribution in [1.82, 2.24) is 0 Å². The molecule has 116 valence electrons. The molecule has 0 atom stereocenters. The monoisotopic (exact) mass is 347 g/mol. The minimum absolute atomic E-state index is 0.105. The molecule has 9 heteroatoms. The van der Waals surface area contributed by atoms with Crippen LogP contribution in [0.5, 0.6) is 0 Å². The van der Waals surface area contributed by atoms with Crippen molar-refractivity contribution in [3.63, 3.8) is 0 Å². The summed E-state index contributed by atoms with van der Waals surface area (Å²) in [5.41, 5.74) is -0.625. The molecule has 0 bridgehead atoms. The molecule has 0 aliphatic rings. The highest BCUT2D eigenvalue weighted by molar-refractivity contribution is 7.92. The van der Waals surface area contributed by atoms with Crippen molar-refractivity contribution in [2.75, 3.05) is 4.72 Å². The highest BCUT2D eigenvalue weighted by Gasteiger charge is 2.20. The van der Waals surface area contributed by atoms with Gasteiger partial charge in [-0.2, -0.15) is 0 Å². The fourth-order valence-electron chi connectivity index (χ4n) is 1.63. The van der Waals surface area contributed by atoms with Gasteiger partial charge in [0.1, 0.15) is 0 Å². The summed E-state index contributed by atoms with van der Waals surface area (Å²) in [5.74, 6) is -3.93. The quantitative estimate of drug-likeness (QED) is 0.890. The van der Waals surface area contributed by atoms with Gasteiger partial charge < -0.3 is 5.11 Å². The minimum atomic E-state index is -4.28. The number of carbonyl (C=O) groups is 1. The predicted molar refractivity (Wildman–Crippen MR) is 75.6 cm³/mol. The first-order valence-electron chi connectivity index (χ1n) is 5.71. The second-order valence-electron chi connectivity index (χ2n) is 4.18. The Morgan fingerprint density at radius 3 is 2.36 bits per heavy atom. The van der Waals surface area contributed by atoms with Crippen LogP contribution >= 0.6 is 11.6 Å². The van der Waals surface area contributed by atoms with Gasteiger partial charge in [-0.1, -0.05) is 11.6 Å². The molecule has 2 N–H and O–H groups in total. The number of hydrogen-bond acceptors (Lipinski definition) is 3. The zero-order valence-electron chi connectivity index (χ0n) is 10.7. The maximum Gasteiger partial charge on any atom is 0.337 e. The van der Waals surface area contributed by atoms with E-state index in [1.165, 1.54) is 6.07 Å². The standard InChI is InChI=1S/C13H8ClF2NO4S/c14-7-1-4-12(9(5-7)13(18)19)17-22(20,21)8-2-3-10(15)11(16)6-8/h1-6,17H,(H,18,19). The maximum absolute atomic E-state index is 13.1. The molecule has 2 aromatic carbocycles. The van der Waals surface area contributed by atoms with E-state index >= 15 is 0 Å². The third-order valence-electron chi connectivity index (χ3n) is 2.66. The normalized spacial score (nSPS) is 11.2. The molecule has 0 amide bonds. The van der Waals surface area contributed by atoms with Gasteiger partial charge >= 0.3 is 5.97 Å². The maximum atomic E-state index is 13.1. The summed E-state index contributed by atoms with van der Waals surface area (Å²) in [5, 5.41) is 9.14. The molecule has 2 rings (SSSR count). The van der Waals surface area contributed by atoms with Gasteiger partial charge in [0.2, 0.25) is 0 Å². The molecule has 0 heterocycles. The Bertz CT molecular complexity index is 855. The molecule has 5 nitrogen and oxygen atoms in total. The summed E-state index contributed by atoms with van der Waals surface area (Å²) in [4.78, 5) is 10.5. The van der Waals surface area contributed by atoms with E-state index in [1.807, 2.05) is 4.72 Å². The first kappa shape index (κ1) is 16.2. The third kappa shape index (κ3) is 3.34. The van der Waals surface area contributed by atoms with Crippen molar-refractivity contribution in [2.45, 2.75) is 4.90 Å². The number of benzene rings is 2. The van der Waals surface area contributed by atoms with Gasteiger partial charge in [0.05, 0.1) is 16.1 Å². The summed E-state index contributed by atoms with van der Waals surface area (Å²) in [7, 11) is -4.28. The second kappa shape index (κ2) is 5.90. The lowest BCUT2D eigenvalue weighted by molar-refractivity contribution is 0.0698. The lowest BCUT2D eigenvalue weighted by Crippen LogP contribution is -2.16. The van der Waals surface area contributed by atoms with Crippen molar-refractivity contribution in [1.29, 1.82) is 0 Å². The van der Waals surface area contributed by atoms with Gasteiger partial charge in [-0.3, -0.25) is 4.72 Å². The van der Waals surface area contributed by atoms with E-state index in [1.54, 1.807) is 0 Å². The van der Waals surface area contributed by atoms with Gasteiger partial charge in [-0.15, -0.1) is 0 Å². The van der Waals surface area contributed by atoms with E-state index in [-0.39, 0.29) is 16.3 Å². The Labute approximate surface area is 129 Å². The molecular formula is C13H8ClF2NO4S. The van der Waals surface area contributed by atoms with Gasteiger partial charge in [0.25, 0.3) is 10.0 Å². The summed E-state index contributed by atoms with van der Waals surface area (Å²) in [6.07, 6.45) is 0. The number of rotatable bonds is 4. The molecule has 0 saturated carbocycles. The molecule has 0 aromatic heterocycles. The highest BCUT2D eigenvalue weighted by atomic mass is 35.5. The molecule has 0 saturated heterocycles. The number of aromatic carboxylic acids is 1. The largest absolute Gasteiger partial charge is 0.478 e. The molecule has 0 fully saturated rings. The molecule has 0 radical (unpaired) electrons. The van der Waals surface area contributed by atoms with Gasteiger partial charge in [-0.05, 0) is 36.4 Å². The number of carboxylic acids is 1. The average Bonchev–Trinajstić information content (AvgIpc) is 2.43. The van der Waals surface area contributed by atoms with E-state index in [0.717, 1.165) is 18.2 Å². The topological polar surface area (TPSA) is 83.5 Å². The average molecular weight is 348 g/mol. The van der Waals surface area contributed by atoms with Crippen LogP contribution in [-0.2, 0) is 10.0 Å². The number of sulfonamides is 1. The fourth-order valence-corrected chi connectivity index (χ4v) is 2.89. The van der Waals surface area contributed by atoms with Crippen LogP contribution < -0.4 is 4.72 Å². The number of carboxylic acid groups (broad SMARTS) is 1. The zero-order chi connectivity index (χ0) is 16.5. The minimum Gasteiger partial charge on any atom is -0.478 e. The SMILES string of the molecule is O=C(O)c1cc(Cl)ccc1NS(=O)(=O)c1ccc(F)c(F)c1. The van der Waals surface area contributed by atoms with Crippen molar-refractivity contribution in [2.24, 2.45) is 0 Å². The highest BCUT2D eigenvalue weighted by Crippen LogP contribution is 2.24. The Balaban J connectivity index is 2.45. The summed E-state index contributed by atoms with van der Waals surface area (Å²) in [6.45, 7) is 0. The Morgan fingerprint density at radius 2 is 1.77 bits per heavy atom. The molecule has 2 aromatic rings.